The van der Waals surface area contributed by atoms with E-state index in [4.69, 9.17) is 0 Å². The Morgan fingerprint density at radius 3 is 2.58 bits per heavy atom. The Kier molecular flexibility index (Phi) is 1.59. The van der Waals surface area contributed by atoms with Crippen molar-refractivity contribution < 1.29 is 0 Å². The maximum atomic E-state index is 3.86. The van der Waals surface area contributed by atoms with Gasteiger partial charge in [-0.1, -0.05) is 51.1 Å². The molecule has 0 nitrogen and oxygen atoms in total. The van der Waals surface area contributed by atoms with Gasteiger partial charge in [-0.2, -0.15) is 0 Å². The van der Waals surface area contributed by atoms with Gasteiger partial charge in [0.25, 0.3) is 0 Å². The lowest BCUT2D eigenvalue weighted by Crippen LogP contribution is -1.92. The number of hydrogen-bond donors (Lipinski definition) is 0. The molecular weight excluding hydrogens is 280 g/mol. The predicted molar refractivity (Wildman–Crippen MR) is 57.7 cm³/mol. The minimum Gasteiger partial charge on any atom is -0.0718 e. The summed E-state index contributed by atoms with van der Waals surface area (Å²) < 4.78 is 0.363. The van der Waals surface area contributed by atoms with Crippen molar-refractivity contribution in [1.82, 2.24) is 0 Å². The van der Waals surface area contributed by atoms with E-state index < -0.39 is 0 Å². The first-order chi connectivity index (χ1) is 5.69. The monoisotopic (exact) mass is 292 g/mol. The third kappa shape index (κ3) is 0.796. The molecule has 3 unspecified atom stereocenters. The van der Waals surface area contributed by atoms with E-state index in [-0.39, 0.29) is 0 Å². The van der Waals surface area contributed by atoms with Crippen molar-refractivity contribution in [1.29, 1.82) is 0 Å². The van der Waals surface area contributed by atoms with E-state index in [2.05, 4.69) is 31.9 Å². The fourth-order valence-corrected chi connectivity index (χ4v) is 6.02. The number of alkyl halides is 2. The van der Waals surface area contributed by atoms with Crippen LogP contribution in [0.3, 0.4) is 0 Å². The lowest BCUT2D eigenvalue weighted by molar-refractivity contribution is 0.476. The smallest absolute Gasteiger partial charge is 0.0718 e. The molecule has 0 aromatic carbocycles. The van der Waals surface area contributed by atoms with Gasteiger partial charge in [0, 0.05) is 5.41 Å². The SMILES string of the molecule is BrC1(Br)C2CCCCCC3CC321. The van der Waals surface area contributed by atoms with Crippen molar-refractivity contribution in [2.75, 3.05) is 0 Å². The zero-order valence-corrected chi connectivity index (χ0v) is 10.3. The molecule has 0 aromatic heterocycles. The highest BCUT2D eigenvalue weighted by Crippen LogP contribution is 2.88. The van der Waals surface area contributed by atoms with Crippen molar-refractivity contribution >= 4 is 31.9 Å². The van der Waals surface area contributed by atoms with Crippen LogP contribution in [0.15, 0.2) is 0 Å². The fraction of sp³-hybridized carbons (Fsp3) is 1.00. The predicted octanol–water partition coefficient (Wildman–Crippen LogP) is 4.07. The van der Waals surface area contributed by atoms with E-state index in [1.807, 2.05) is 0 Å². The second-order valence-corrected chi connectivity index (χ2v) is 8.32. The normalized spacial score (nSPS) is 54.5. The standard InChI is InChI=1S/C10H14Br2/c11-10(12)8-5-3-1-2-4-7-6-9(7,8)10/h7-8H,1-6H2. The summed E-state index contributed by atoms with van der Waals surface area (Å²) in [5.41, 5.74) is 0.716. The average molecular weight is 294 g/mol. The van der Waals surface area contributed by atoms with Gasteiger partial charge in [-0.3, -0.25) is 0 Å². The molecule has 0 saturated heterocycles. The molecule has 0 amide bonds. The van der Waals surface area contributed by atoms with Crippen molar-refractivity contribution in [3.05, 3.63) is 0 Å². The Morgan fingerprint density at radius 2 is 1.75 bits per heavy atom. The van der Waals surface area contributed by atoms with E-state index in [0.717, 1.165) is 11.8 Å². The lowest BCUT2D eigenvalue weighted by Gasteiger charge is -2.04. The molecular formula is C10H14Br2. The first-order valence-corrected chi connectivity index (χ1v) is 6.66. The summed E-state index contributed by atoms with van der Waals surface area (Å²) in [5, 5.41) is 0. The van der Waals surface area contributed by atoms with Crippen LogP contribution < -0.4 is 0 Å². The Morgan fingerprint density at radius 1 is 1.00 bits per heavy atom. The number of hydrogen-bond acceptors (Lipinski definition) is 0. The maximum Gasteiger partial charge on any atom is 0.0901 e. The zero-order valence-electron chi connectivity index (χ0n) is 7.15. The summed E-state index contributed by atoms with van der Waals surface area (Å²) in [7, 11) is 0. The van der Waals surface area contributed by atoms with Gasteiger partial charge in [0.1, 0.15) is 0 Å². The average Bonchev–Trinajstić information content (AvgIpc) is 2.73. The molecule has 0 radical (unpaired) electrons. The van der Waals surface area contributed by atoms with E-state index in [1.54, 1.807) is 0 Å². The largest absolute Gasteiger partial charge is 0.0901 e. The minimum atomic E-state index is 0.363. The first kappa shape index (κ1) is 8.28. The Labute approximate surface area is 90.7 Å². The molecule has 3 fully saturated rings. The Hall–Kier alpha value is 0.960. The van der Waals surface area contributed by atoms with Crippen LogP contribution in [0.2, 0.25) is 0 Å². The van der Waals surface area contributed by atoms with Gasteiger partial charge in [0.15, 0.2) is 0 Å². The van der Waals surface area contributed by atoms with Crippen LogP contribution in [0, 0.1) is 17.3 Å². The highest BCUT2D eigenvalue weighted by Gasteiger charge is 2.84. The van der Waals surface area contributed by atoms with Crippen molar-refractivity contribution in [3.63, 3.8) is 0 Å². The van der Waals surface area contributed by atoms with Gasteiger partial charge < -0.3 is 0 Å². The quantitative estimate of drug-likeness (QED) is 0.591. The van der Waals surface area contributed by atoms with Crippen LogP contribution in [0.4, 0.5) is 0 Å². The molecule has 0 aromatic rings. The van der Waals surface area contributed by atoms with Crippen LogP contribution in [0.5, 0.6) is 0 Å². The van der Waals surface area contributed by atoms with Gasteiger partial charge in [-0.25, -0.2) is 0 Å². The highest BCUT2D eigenvalue weighted by atomic mass is 79.9. The molecule has 3 atom stereocenters. The summed E-state index contributed by atoms with van der Waals surface area (Å²) in [4.78, 5) is 0. The van der Waals surface area contributed by atoms with Crippen LogP contribution in [0.25, 0.3) is 0 Å². The molecule has 3 aliphatic carbocycles. The first-order valence-electron chi connectivity index (χ1n) is 5.07. The summed E-state index contributed by atoms with van der Waals surface area (Å²) in [6.07, 6.45) is 8.85. The molecule has 0 heterocycles. The highest BCUT2D eigenvalue weighted by molar-refractivity contribution is 9.25. The summed E-state index contributed by atoms with van der Waals surface area (Å²) >= 11 is 7.73. The second-order valence-electron chi connectivity index (χ2n) is 4.75. The van der Waals surface area contributed by atoms with E-state index in [0.29, 0.717) is 8.65 Å². The minimum absolute atomic E-state index is 0.363. The lowest BCUT2D eigenvalue weighted by atomic mass is 10.0. The Bertz CT molecular complexity index is 224. The Balaban J connectivity index is 1.84. The summed E-state index contributed by atoms with van der Waals surface area (Å²) in [5.74, 6) is 2.01. The van der Waals surface area contributed by atoms with Crippen LogP contribution in [-0.2, 0) is 0 Å². The van der Waals surface area contributed by atoms with Gasteiger partial charge in [-0.05, 0) is 31.1 Å². The van der Waals surface area contributed by atoms with Crippen molar-refractivity contribution in [3.8, 4) is 0 Å². The molecule has 0 aliphatic heterocycles. The van der Waals surface area contributed by atoms with Crippen LogP contribution in [0.1, 0.15) is 38.5 Å². The van der Waals surface area contributed by atoms with Crippen molar-refractivity contribution in [2.45, 2.75) is 41.8 Å². The maximum absolute atomic E-state index is 3.86. The number of halogens is 2. The summed E-state index contributed by atoms with van der Waals surface area (Å²) in [6, 6.07) is 0. The molecule has 0 N–H and O–H groups in total. The molecule has 12 heavy (non-hydrogen) atoms. The molecule has 1 spiro atoms. The number of rotatable bonds is 0. The topological polar surface area (TPSA) is 0 Å². The molecule has 0 bridgehead atoms. The molecule has 3 aliphatic rings. The molecule has 3 rings (SSSR count). The van der Waals surface area contributed by atoms with Gasteiger partial charge in [0.05, 0.1) is 3.23 Å². The molecule has 68 valence electrons. The van der Waals surface area contributed by atoms with Gasteiger partial charge in [-0.15, -0.1) is 0 Å². The zero-order chi connectivity index (χ0) is 8.40. The van der Waals surface area contributed by atoms with E-state index in [9.17, 15) is 0 Å². The molecule has 2 heteroatoms. The van der Waals surface area contributed by atoms with Crippen LogP contribution >= 0.6 is 31.9 Å². The van der Waals surface area contributed by atoms with Gasteiger partial charge >= 0.3 is 0 Å². The van der Waals surface area contributed by atoms with Crippen molar-refractivity contribution in [2.24, 2.45) is 17.3 Å². The van der Waals surface area contributed by atoms with E-state index >= 15 is 0 Å². The van der Waals surface area contributed by atoms with Gasteiger partial charge in [0.2, 0.25) is 0 Å². The van der Waals surface area contributed by atoms with Crippen LogP contribution in [-0.4, -0.2) is 3.23 Å². The molecule has 3 saturated carbocycles. The fourth-order valence-electron chi connectivity index (χ4n) is 3.45. The second kappa shape index (κ2) is 2.31. The third-order valence-corrected chi connectivity index (χ3v) is 6.88. The third-order valence-electron chi connectivity index (χ3n) is 4.29. The van der Waals surface area contributed by atoms with E-state index in [1.165, 1.54) is 38.5 Å². The summed E-state index contributed by atoms with van der Waals surface area (Å²) in [6.45, 7) is 0.